The van der Waals surface area contributed by atoms with Crippen molar-refractivity contribution in [2.45, 2.75) is 19.1 Å². The van der Waals surface area contributed by atoms with Gasteiger partial charge in [0.15, 0.2) is 0 Å². The summed E-state index contributed by atoms with van der Waals surface area (Å²) in [7, 11) is 0. The van der Waals surface area contributed by atoms with Crippen molar-refractivity contribution >= 4 is 28.9 Å². The predicted octanol–water partition coefficient (Wildman–Crippen LogP) is 0.942. The van der Waals surface area contributed by atoms with Gasteiger partial charge in [0.05, 0.1) is 36.6 Å². The van der Waals surface area contributed by atoms with Crippen LogP contribution in [0.3, 0.4) is 0 Å². The van der Waals surface area contributed by atoms with Gasteiger partial charge >= 0.3 is 0 Å². The van der Waals surface area contributed by atoms with Gasteiger partial charge in [-0.15, -0.1) is 0 Å². The van der Waals surface area contributed by atoms with E-state index in [0.29, 0.717) is 29.5 Å². The first kappa shape index (κ1) is 16.0. The third-order valence-corrected chi connectivity index (χ3v) is 3.78. The van der Waals surface area contributed by atoms with Crippen LogP contribution >= 0.6 is 11.6 Å². The van der Waals surface area contributed by atoms with Crippen LogP contribution in [-0.4, -0.2) is 54.4 Å². The Labute approximate surface area is 128 Å². The van der Waals surface area contributed by atoms with E-state index in [-0.39, 0.29) is 31.2 Å². The molecule has 0 bridgehead atoms. The largest absolute Gasteiger partial charge is 0.399 e. The Bertz CT molecular complexity index is 512. The van der Waals surface area contributed by atoms with Gasteiger partial charge in [-0.05, 0) is 25.1 Å². The van der Waals surface area contributed by atoms with Crippen molar-refractivity contribution in [3.63, 3.8) is 0 Å². The van der Waals surface area contributed by atoms with Crippen molar-refractivity contribution in [1.29, 1.82) is 0 Å². The fourth-order valence-electron chi connectivity index (χ4n) is 2.22. The summed E-state index contributed by atoms with van der Waals surface area (Å²) in [4.78, 5) is 14.1. The van der Waals surface area contributed by atoms with Crippen molar-refractivity contribution in [2.24, 2.45) is 0 Å². The van der Waals surface area contributed by atoms with Gasteiger partial charge in [0.25, 0.3) is 0 Å². The van der Waals surface area contributed by atoms with Gasteiger partial charge in [0, 0.05) is 18.3 Å². The molecule has 0 aromatic heterocycles. The molecule has 1 aromatic carbocycles. The van der Waals surface area contributed by atoms with Crippen molar-refractivity contribution in [3.8, 4) is 0 Å². The molecule has 2 atom stereocenters. The molecule has 2 rings (SSSR count). The monoisotopic (exact) mass is 313 g/mol. The number of carbonyl (C=O) groups excluding carboxylic acids is 1. The number of aliphatic hydroxyl groups is 1. The molecule has 0 saturated carbocycles. The van der Waals surface area contributed by atoms with Crippen LogP contribution in [0.1, 0.15) is 6.92 Å². The van der Waals surface area contributed by atoms with Gasteiger partial charge in [-0.1, -0.05) is 11.6 Å². The Morgan fingerprint density at radius 2 is 2.38 bits per heavy atom. The topological polar surface area (TPSA) is 87.8 Å². The van der Waals surface area contributed by atoms with E-state index >= 15 is 0 Å². The number of hydrogen-bond donors (Lipinski definition) is 3. The summed E-state index contributed by atoms with van der Waals surface area (Å²) < 4.78 is 5.44. The minimum Gasteiger partial charge on any atom is -0.399 e. The van der Waals surface area contributed by atoms with Gasteiger partial charge < -0.3 is 20.9 Å². The van der Waals surface area contributed by atoms with Crippen LogP contribution in [-0.2, 0) is 9.53 Å². The van der Waals surface area contributed by atoms with E-state index in [4.69, 9.17) is 27.2 Å². The molecule has 116 valence electrons. The van der Waals surface area contributed by atoms with Gasteiger partial charge in [-0.2, -0.15) is 0 Å². The number of nitrogens with two attached hydrogens (primary N) is 1. The molecular formula is C14H20ClN3O3. The summed E-state index contributed by atoms with van der Waals surface area (Å²) in [6, 6.07) is 5.06. The minimum atomic E-state index is -0.245. The van der Waals surface area contributed by atoms with E-state index in [1.54, 1.807) is 18.2 Å². The Balaban J connectivity index is 1.96. The Kier molecular flexibility index (Phi) is 5.41. The molecule has 2 unspecified atom stereocenters. The lowest BCUT2D eigenvalue weighted by Gasteiger charge is -2.36. The van der Waals surface area contributed by atoms with Gasteiger partial charge in [-0.3, -0.25) is 9.69 Å². The normalized spacial score (nSPS) is 23.0. The fraction of sp³-hybridized carbons (Fsp3) is 0.500. The molecule has 1 fully saturated rings. The van der Waals surface area contributed by atoms with Crippen molar-refractivity contribution in [3.05, 3.63) is 23.2 Å². The number of carbonyl (C=O) groups is 1. The van der Waals surface area contributed by atoms with Crippen LogP contribution < -0.4 is 11.1 Å². The van der Waals surface area contributed by atoms with E-state index in [9.17, 15) is 4.79 Å². The van der Waals surface area contributed by atoms with Gasteiger partial charge in [0.1, 0.15) is 0 Å². The molecule has 1 amide bonds. The molecule has 0 radical (unpaired) electrons. The molecule has 4 N–H and O–H groups in total. The van der Waals surface area contributed by atoms with Crippen LogP contribution in [0.4, 0.5) is 11.4 Å². The quantitative estimate of drug-likeness (QED) is 0.720. The number of hydrogen-bond acceptors (Lipinski definition) is 5. The van der Waals surface area contributed by atoms with E-state index in [2.05, 4.69) is 5.32 Å². The zero-order valence-electron chi connectivity index (χ0n) is 11.9. The molecule has 7 heteroatoms. The zero-order chi connectivity index (χ0) is 15.4. The highest BCUT2D eigenvalue weighted by molar-refractivity contribution is 6.33. The molecule has 0 aliphatic carbocycles. The van der Waals surface area contributed by atoms with Crippen LogP contribution in [0, 0.1) is 0 Å². The number of nitrogens with zero attached hydrogens (tertiary/aromatic N) is 1. The number of amides is 1. The highest BCUT2D eigenvalue weighted by Crippen LogP contribution is 2.24. The summed E-state index contributed by atoms with van der Waals surface area (Å²) in [6.07, 6.45) is -0.245. The van der Waals surface area contributed by atoms with Crippen LogP contribution in [0.5, 0.6) is 0 Å². The second-order valence-corrected chi connectivity index (χ2v) is 5.61. The van der Waals surface area contributed by atoms with Crippen LogP contribution in [0.25, 0.3) is 0 Å². The number of morpholine rings is 1. The first-order valence-electron chi connectivity index (χ1n) is 6.81. The maximum Gasteiger partial charge on any atom is 0.238 e. The first-order chi connectivity index (χ1) is 9.99. The van der Waals surface area contributed by atoms with E-state index in [1.165, 1.54) is 0 Å². The first-order valence-corrected chi connectivity index (χ1v) is 7.18. The molecule has 1 aromatic rings. The molecule has 6 nitrogen and oxygen atoms in total. The minimum absolute atomic E-state index is 0.0497. The molecule has 21 heavy (non-hydrogen) atoms. The van der Waals surface area contributed by atoms with Crippen LogP contribution in [0.15, 0.2) is 18.2 Å². The molecule has 1 aliphatic heterocycles. The number of aliphatic hydroxyl groups excluding tert-OH is 1. The average Bonchev–Trinajstić information content (AvgIpc) is 2.45. The number of rotatable bonds is 4. The summed E-state index contributed by atoms with van der Waals surface area (Å²) >= 11 is 6.02. The second kappa shape index (κ2) is 7.09. The highest BCUT2D eigenvalue weighted by Gasteiger charge is 2.27. The van der Waals surface area contributed by atoms with Crippen molar-refractivity contribution in [2.75, 3.05) is 37.4 Å². The smallest absolute Gasteiger partial charge is 0.238 e. The number of halogens is 1. The Hall–Kier alpha value is -1.34. The molecule has 1 saturated heterocycles. The molecule has 1 aliphatic rings. The standard InChI is InChI=1S/C14H20ClN3O3/c1-9-8-21-11(7-19)5-18(9)6-14(20)17-13-4-10(16)2-3-12(13)15/h2-4,9,11,19H,5-8,16H2,1H3,(H,17,20). The van der Waals surface area contributed by atoms with Crippen LogP contribution in [0.2, 0.25) is 5.02 Å². The van der Waals surface area contributed by atoms with E-state index in [0.717, 1.165) is 0 Å². The van der Waals surface area contributed by atoms with Gasteiger partial charge in [0.2, 0.25) is 5.91 Å². The molecule has 0 spiro atoms. The number of anilines is 2. The fourth-order valence-corrected chi connectivity index (χ4v) is 2.38. The lowest BCUT2D eigenvalue weighted by Crippen LogP contribution is -2.51. The predicted molar refractivity (Wildman–Crippen MR) is 82.4 cm³/mol. The van der Waals surface area contributed by atoms with E-state index < -0.39 is 0 Å². The summed E-state index contributed by atoms with van der Waals surface area (Å²) in [5.41, 5.74) is 6.72. The van der Waals surface area contributed by atoms with Gasteiger partial charge in [-0.25, -0.2) is 0 Å². The average molecular weight is 314 g/mol. The molecule has 1 heterocycles. The van der Waals surface area contributed by atoms with Crippen molar-refractivity contribution in [1.82, 2.24) is 4.90 Å². The SMILES string of the molecule is CC1COC(CO)CN1CC(=O)Nc1cc(N)ccc1Cl. The Morgan fingerprint density at radius 3 is 3.10 bits per heavy atom. The zero-order valence-corrected chi connectivity index (χ0v) is 12.6. The number of nitrogen functional groups attached to an aromatic ring is 1. The maximum atomic E-state index is 12.1. The van der Waals surface area contributed by atoms with E-state index in [1.807, 2.05) is 11.8 Å². The lowest BCUT2D eigenvalue weighted by atomic mass is 10.2. The number of nitrogens with one attached hydrogen (secondary N) is 1. The number of benzene rings is 1. The summed E-state index contributed by atoms with van der Waals surface area (Å²) in [6.45, 7) is 3.17. The maximum absolute atomic E-state index is 12.1. The Morgan fingerprint density at radius 1 is 1.62 bits per heavy atom. The summed E-state index contributed by atoms with van der Waals surface area (Å²) in [5, 5.41) is 12.3. The third kappa shape index (κ3) is 4.31. The number of ether oxygens (including phenoxy) is 1. The summed E-state index contributed by atoms with van der Waals surface area (Å²) in [5.74, 6) is -0.173. The second-order valence-electron chi connectivity index (χ2n) is 5.20. The lowest BCUT2D eigenvalue weighted by molar-refractivity contribution is -0.122. The third-order valence-electron chi connectivity index (χ3n) is 3.45. The highest BCUT2D eigenvalue weighted by atomic mass is 35.5. The van der Waals surface area contributed by atoms with Crippen molar-refractivity contribution < 1.29 is 14.6 Å². The molecular weight excluding hydrogens is 294 g/mol.